The second-order valence-corrected chi connectivity index (χ2v) is 8.20. The molecule has 0 spiro atoms. The number of hydrogen-bond donors (Lipinski definition) is 2. The molecule has 6 nitrogen and oxygen atoms in total. The molecular weight excluding hydrogens is 396 g/mol. The standard InChI is InChI=1S/C23H22N4O2S/c1-14-19-22(24-13-27(3)23(19)29)30-20(14)21(28)26-18-11-9-17(10-12-18)25-15(2)16-7-5-4-6-8-16/h4-13,15,25H,1-3H3,(H,26,28). The van der Waals surface area contributed by atoms with Gasteiger partial charge in [-0.2, -0.15) is 0 Å². The van der Waals surface area contributed by atoms with E-state index in [4.69, 9.17) is 0 Å². The van der Waals surface area contributed by atoms with Crippen molar-refractivity contribution >= 4 is 38.8 Å². The van der Waals surface area contributed by atoms with Crippen molar-refractivity contribution in [2.75, 3.05) is 10.6 Å². The fourth-order valence-electron chi connectivity index (χ4n) is 3.34. The van der Waals surface area contributed by atoms with Gasteiger partial charge in [-0.1, -0.05) is 30.3 Å². The number of anilines is 2. The van der Waals surface area contributed by atoms with E-state index < -0.39 is 0 Å². The van der Waals surface area contributed by atoms with Crippen LogP contribution >= 0.6 is 11.3 Å². The number of nitrogens with one attached hydrogen (secondary N) is 2. The van der Waals surface area contributed by atoms with E-state index in [0.717, 1.165) is 5.69 Å². The fourth-order valence-corrected chi connectivity index (χ4v) is 4.37. The first-order chi connectivity index (χ1) is 14.4. The minimum Gasteiger partial charge on any atom is -0.379 e. The van der Waals surface area contributed by atoms with Gasteiger partial charge in [0.2, 0.25) is 0 Å². The molecule has 4 aromatic rings. The molecule has 0 aliphatic rings. The number of aromatic nitrogens is 2. The van der Waals surface area contributed by atoms with Crippen LogP contribution in [0.3, 0.4) is 0 Å². The highest BCUT2D eigenvalue weighted by Crippen LogP contribution is 2.28. The van der Waals surface area contributed by atoms with Crippen LogP contribution in [-0.4, -0.2) is 15.5 Å². The Balaban J connectivity index is 1.49. The summed E-state index contributed by atoms with van der Waals surface area (Å²) in [5.74, 6) is -0.240. The van der Waals surface area contributed by atoms with Crippen LogP contribution in [0.25, 0.3) is 10.2 Å². The minimum absolute atomic E-state index is 0.143. The average molecular weight is 419 g/mol. The highest BCUT2D eigenvalue weighted by atomic mass is 32.1. The molecule has 0 aliphatic heterocycles. The van der Waals surface area contributed by atoms with Crippen LogP contribution in [0, 0.1) is 6.92 Å². The Morgan fingerprint density at radius 2 is 1.73 bits per heavy atom. The Morgan fingerprint density at radius 3 is 2.43 bits per heavy atom. The zero-order valence-corrected chi connectivity index (χ0v) is 17.8. The summed E-state index contributed by atoms with van der Waals surface area (Å²) >= 11 is 1.23. The maximum Gasteiger partial charge on any atom is 0.266 e. The molecule has 0 saturated heterocycles. The lowest BCUT2D eigenvalue weighted by atomic mass is 10.1. The monoisotopic (exact) mass is 418 g/mol. The number of benzene rings is 2. The lowest BCUT2D eigenvalue weighted by molar-refractivity contribution is 0.103. The third-order valence-corrected chi connectivity index (χ3v) is 6.24. The molecule has 30 heavy (non-hydrogen) atoms. The largest absolute Gasteiger partial charge is 0.379 e. The van der Waals surface area contributed by atoms with E-state index in [2.05, 4.69) is 34.7 Å². The van der Waals surface area contributed by atoms with Gasteiger partial charge in [0, 0.05) is 24.5 Å². The van der Waals surface area contributed by atoms with Crippen LogP contribution in [0.2, 0.25) is 0 Å². The van der Waals surface area contributed by atoms with Gasteiger partial charge in [0.05, 0.1) is 16.6 Å². The van der Waals surface area contributed by atoms with Crippen molar-refractivity contribution in [3.8, 4) is 0 Å². The van der Waals surface area contributed by atoms with Crippen molar-refractivity contribution in [2.45, 2.75) is 19.9 Å². The van der Waals surface area contributed by atoms with Crippen LogP contribution in [0.1, 0.15) is 33.8 Å². The van der Waals surface area contributed by atoms with Crippen molar-refractivity contribution in [1.82, 2.24) is 9.55 Å². The van der Waals surface area contributed by atoms with Crippen LogP contribution in [-0.2, 0) is 7.05 Å². The summed E-state index contributed by atoms with van der Waals surface area (Å²) in [6.07, 6.45) is 1.48. The summed E-state index contributed by atoms with van der Waals surface area (Å²) in [4.78, 5) is 30.5. The number of thiophene rings is 1. The van der Waals surface area contributed by atoms with E-state index in [9.17, 15) is 9.59 Å². The first-order valence-electron chi connectivity index (χ1n) is 9.61. The van der Waals surface area contributed by atoms with Gasteiger partial charge in [0.15, 0.2) is 0 Å². The first-order valence-corrected chi connectivity index (χ1v) is 10.4. The highest BCUT2D eigenvalue weighted by Gasteiger charge is 2.19. The van der Waals surface area contributed by atoms with Crippen molar-refractivity contribution in [3.63, 3.8) is 0 Å². The van der Waals surface area contributed by atoms with Crippen LogP contribution in [0.4, 0.5) is 11.4 Å². The van der Waals surface area contributed by atoms with E-state index in [1.54, 1.807) is 14.0 Å². The SMILES string of the molecule is Cc1c(C(=O)Nc2ccc(NC(C)c3ccccc3)cc2)sc2ncn(C)c(=O)c12. The van der Waals surface area contributed by atoms with E-state index in [0.29, 0.717) is 26.3 Å². The Labute approximate surface area is 178 Å². The van der Waals surface area contributed by atoms with Crippen molar-refractivity contribution in [2.24, 2.45) is 7.05 Å². The van der Waals surface area contributed by atoms with Gasteiger partial charge in [0.1, 0.15) is 4.83 Å². The summed E-state index contributed by atoms with van der Waals surface area (Å²) < 4.78 is 1.42. The van der Waals surface area contributed by atoms with Gasteiger partial charge in [-0.25, -0.2) is 4.98 Å². The molecule has 0 aliphatic carbocycles. The van der Waals surface area contributed by atoms with E-state index in [1.165, 1.54) is 27.8 Å². The average Bonchev–Trinajstić information content (AvgIpc) is 3.10. The fraction of sp³-hybridized carbons (Fsp3) is 0.174. The molecule has 2 N–H and O–H groups in total. The summed E-state index contributed by atoms with van der Waals surface area (Å²) in [7, 11) is 1.65. The molecule has 1 unspecified atom stereocenters. The topological polar surface area (TPSA) is 76.0 Å². The summed E-state index contributed by atoms with van der Waals surface area (Å²) in [5.41, 5.74) is 3.38. The summed E-state index contributed by atoms with van der Waals surface area (Å²) in [5, 5.41) is 6.87. The molecule has 1 amide bonds. The zero-order valence-electron chi connectivity index (χ0n) is 17.0. The maximum atomic E-state index is 12.8. The van der Waals surface area contributed by atoms with E-state index in [-0.39, 0.29) is 17.5 Å². The molecule has 0 fully saturated rings. The predicted octanol–water partition coefficient (Wildman–Crippen LogP) is 4.73. The maximum absolute atomic E-state index is 12.8. The molecule has 7 heteroatoms. The minimum atomic E-state index is -0.240. The zero-order chi connectivity index (χ0) is 21.3. The quantitative estimate of drug-likeness (QED) is 0.491. The second-order valence-electron chi connectivity index (χ2n) is 7.21. The number of carbonyl (C=O) groups is 1. The molecule has 2 heterocycles. The Kier molecular flexibility index (Phi) is 5.37. The summed E-state index contributed by atoms with van der Waals surface area (Å²) in [6.45, 7) is 3.89. The van der Waals surface area contributed by atoms with Crippen molar-refractivity contribution < 1.29 is 4.79 Å². The van der Waals surface area contributed by atoms with Crippen LogP contribution in [0.5, 0.6) is 0 Å². The third-order valence-electron chi connectivity index (χ3n) is 5.04. The molecule has 4 rings (SSSR count). The number of rotatable bonds is 5. The van der Waals surface area contributed by atoms with Crippen LogP contribution in [0.15, 0.2) is 65.7 Å². The normalized spacial score (nSPS) is 12.0. The van der Waals surface area contributed by atoms with Gasteiger partial charge >= 0.3 is 0 Å². The molecule has 0 radical (unpaired) electrons. The van der Waals surface area contributed by atoms with E-state index >= 15 is 0 Å². The Morgan fingerprint density at radius 1 is 1.07 bits per heavy atom. The second kappa shape index (κ2) is 8.12. The number of nitrogens with zero attached hydrogens (tertiary/aromatic N) is 2. The lowest BCUT2D eigenvalue weighted by Gasteiger charge is -2.16. The van der Waals surface area contributed by atoms with Gasteiger partial charge in [0.25, 0.3) is 11.5 Å². The van der Waals surface area contributed by atoms with Crippen LogP contribution < -0.4 is 16.2 Å². The van der Waals surface area contributed by atoms with Crippen molar-refractivity contribution in [3.05, 3.63) is 87.3 Å². The lowest BCUT2D eigenvalue weighted by Crippen LogP contribution is -2.17. The Bertz CT molecular complexity index is 1260. The number of hydrogen-bond acceptors (Lipinski definition) is 5. The molecule has 2 aromatic heterocycles. The number of fused-ring (bicyclic) bond motifs is 1. The van der Waals surface area contributed by atoms with Gasteiger partial charge in [-0.05, 0) is 49.2 Å². The third kappa shape index (κ3) is 3.84. The molecular formula is C23H22N4O2S. The number of amides is 1. The molecule has 1 atom stereocenters. The Hall–Kier alpha value is -3.45. The highest BCUT2D eigenvalue weighted by molar-refractivity contribution is 7.20. The van der Waals surface area contributed by atoms with Gasteiger partial charge < -0.3 is 15.2 Å². The molecule has 0 saturated carbocycles. The first kappa shape index (κ1) is 19.8. The van der Waals surface area contributed by atoms with Gasteiger partial charge in [-0.3, -0.25) is 9.59 Å². The molecule has 152 valence electrons. The number of aryl methyl sites for hydroxylation is 2. The molecule has 0 bridgehead atoms. The van der Waals surface area contributed by atoms with Gasteiger partial charge in [-0.15, -0.1) is 11.3 Å². The van der Waals surface area contributed by atoms with Crippen molar-refractivity contribution in [1.29, 1.82) is 0 Å². The predicted molar refractivity (Wildman–Crippen MR) is 122 cm³/mol. The molecule has 2 aromatic carbocycles. The smallest absolute Gasteiger partial charge is 0.266 e. The summed E-state index contributed by atoms with van der Waals surface area (Å²) in [6, 6.07) is 18.0. The van der Waals surface area contributed by atoms with E-state index in [1.807, 2.05) is 42.5 Å². The number of carbonyl (C=O) groups excluding carboxylic acids is 1.